The molecule has 160 valence electrons. The number of phenolic OH excluding ortho intramolecular Hbond substituents is 3. The zero-order valence-electron chi connectivity index (χ0n) is 17.0. The van der Waals surface area contributed by atoms with Crippen LogP contribution in [0.4, 0.5) is 5.69 Å². The molecule has 0 bridgehead atoms. The van der Waals surface area contributed by atoms with Gasteiger partial charge in [0, 0.05) is 17.8 Å². The number of carbonyl (C=O) groups excluding carboxylic acids is 1. The monoisotopic (exact) mass is 427 g/mol. The summed E-state index contributed by atoms with van der Waals surface area (Å²) in [5, 5.41) is 32.7. The van der Waals surface area contributed by atoms with Crippen LogP contribution in [0.5, 0.6) is 23.0 Å². The average molecular weight is 427 g/mol. The molecular weight excluding hydrogens is 406 g/mol. The lowest BCUT2D eigenvalue weighted by Crippen LogP contribution is -2.10. The topological polar surface area (TPSA) is 99.0 Å². The number of anilines is 1. The van der Waals surface area contributed by atoms with Crippen LogP contribution < -0.4 is 10.1 Å². The Morgan fingerprint density at radius 1 is 0.750 bits per heavy atom. The van der Waals surface area contributed by atoms with Crippen LogP contribution in [-0.2, 0) is 6.54 Å². The molecule has 0 aromatic heterocycles. The van der Waals surface area contributed by atoms with Gasteiger partial charge in [-0.25, -0.2) is 4.79 Å². The minimum atomic E-state index is -0.696. The fraction of sp³-hybridized carbons (Fsp3) is 0.0385. The molecule has 0 radical (unpaired) electrons. The lowest BCUT2D eigenvalue weighted by Gasteiger charge is -2.11. The third-order valence-corrected chi connectivity index (χ3v) is 4.93. The molecule has 4 aromatic rings. The quantitative estimate of drug-likeness (QED) is 0.189. The van der Waals surface area contributed by atoms with Crippen molar-refractivity contribution in [2.24, 2.45) is 0 Å². The summed E-state index contributed by atoms with van der Waals surface area (Å²) in [6.45, 7) is 0.209. The van der Waals surface area contributed by atoms with Crippen LogP contribution in [0.2, 0.25) is 0 Å². The number of hydrogen-bond acceptors (Lipinski definition) is 6. The minimum absolute atomic E-state index is 0.00210. The summed E-state index contributed by atoms with van der Waals surface area (Å²) < 4.78 is 5.42. The number of benzene rings is 4. The lowest BCUT2D eigenvalue weighted by molar-refractivity contribution is 0.0731. The molecule has 0 fully saturated rings. The highest BCUT2D eigenvalue weighted by atomic mass is 16.5. The Morgan fingerprint density at radius 3 is 2.19 bits per heavy atom. The highest BCUT2D eigenvalue weighted by Crippen LogP contribution is 2.27. The average Bonchev–Trinajstić information content (AvgIpc) is 2.81. The van der Waals surface area contributed by atoms with Crippen LogP contribution in [0, 0.1) is 0 Å². The number of esters is 1. The van der Waals surface area contributed by atoms with E-state index in [4.69, 9.17) is 4.74 Å². The normalized spacial score (nSPS) is 10.5. The SMILES string of the molecule is O=C(Oc1ccc(-c2ccccc2)cc1)c1cc(NCc2cc(O)ccc2O)ccc1O. The number of carbonyl (C=O) groups is 1. The maximum atomic E-state index is 12.6. The van der Waals surface area contributed by atoms with Gasteiger partial charge in [-0.3, -0.25) is 0 Å². The second-order valence-corrected chi connectivity index (χ2v) is 7.18. The fourth-order valence-corrected chi connectivity index (χ4v) is 3.23. The van der Waals surface area contributed by atoms with Crippen LogP contribution in [0.1, 0.15) is 15.9 Å². The number of phenols is 3. The summed E-state index contributed by atoms with van der Waals surface area (Å²) >= 11 is 0. The first-order valence-electron chi connectivity index (χ1n) is 9.95. The fourth-order valence-electron chi connectivity index (χ4n) is 3.23. The molecule has 0 aliphatic heterocycles. The van der Waals surface area contributed by atoms with Crippen molar-refractivity contribution in [1.29, 1.82) is 0 Å². The highest BCUT2D eigenvalue weighted by Gasteiger charge is 2.15. The van der Waals surface area contributed by atoms with E-state index in [2.05, 4.69) is 5.32 Å². The van der Waals surface area contributed by atoms with Gasteiger partial charge in [-0.15, -0.1) is 0 Å². The van der Waals surface area contributed by atoms with E-state index in [1.807, 2.05) is 42.5 Å². The van der Waals surface area contributed by atoms with Crippen molar-refractivity contribution in [1.82, 2.24) is 0 Å². The molecular formula is C26H21NO5. The minimum Gasteiger partial charge on any atom is -0.508 e. The third kappa shape index (κ3) is 4.82. The summed E-state index contributed by atoms with van der Waals surface area (Å²) in [5.41, 5.74) is 3.08. The molecule has 0 aliphatic carbocycles. The van der Waals surface area contributed by atoms with Crippen LogP contribution >= 0.6 is 0 Å². The van der Waals surface area contributed by atoms with E-state index >= 15 is 0 Å². The summed E-state index contributed by atoms with van der Waals surface area (Å²) in [6, 6.07) is 25.6. The van der Waals surface area contributed by atoms with Crippen molar-refractivity contribution in [3.63, 3.8) is 0 Å². The molecule has 4 rings (SSSR count). The molecule has 6 heteroatoms. The first kappa shape index (κ1) is 20.8. The number of ether oxygens (including phenoxy) is 1. The summed E-state index contributed by atoms with van der Waals surface area (Å²) in [6.07, 6.45) is 0. The molecule has 32 heavy (non-hydrogen) atoms. The zero-order valence-corrected chi connectivity index (χ0v) is 17.0. The van der Waals surface area contributed by atoms with Gasteiger partial charge in [0.2, 0.25) is 0 Å². The summed E-state index contributed by atoms with van der Waals surface area (Å²) in [5.74, 6) is -0.474. The van der Waals surface area contributed by atoms with E-state index in [0.717, 1.165) is 11.1 Å². The van der Waals surface area contributed by atoms with Crippen LogP contribution in [0.15, 0.2) is 91.0 Å². The standard InChI is InChI=1S/C26H21NO5/c28-21-9-13-24(29)19(14-21)16-27-20-8-12-25(30)23(15-20)26(31)32-22-10-6-18(7-11-22)17-4-2-1-3-5-17/h1-15,27-30H,16H2. The number of nitrogens with one attached hydrogen (secondary N) is 1. The molecule has 0 aliphatic rings. The lowest BCUT2D eigenvalue weighted by atomic mass is 10.1. The van der Waals surface area contributed by atoms with Gasteiger partial charge in [0.1, 0.15) is 28.6 Å². The number of hydrogen-bond donors (Lipinski definition) is 4. The van der Waals surface area contributed by atoms with E-state index in [0.29, 0.717) is 17.0 Å². The molecule has 0 atom stereocenters. The molecule has 0 unspecified atom stereocenters. The molecule has 0 saturated heterocycles. The number of aromatic hydroxyl groups is 3. The van der Waals surface area contributed by atoms with Gasteiger partial charge in [-0.05, 0) is 59.7 Å². The Balaban J connectivity index is 1.46. The van der Waals surface area contributed by atoms with Crippen LogP contribution in [0.25, 0.3) is 11.1 Å². The molecule has 0 saturated carbocycles. The van der Waals surface area contributed by atoms with Crippen molar-refractivity contribution in [2.75, 3.05) is 5.32 Å². The van der Waals surface area contributed by atoms with Crippen molar-refractivity contribution in [2.45, 2.75) is 6.54 Å². The second-order valence-electron chi connectivity index (χ2n) is 7.18. The van der Waals surface area contributed by atoms with Gasteiger partial charge in [0.05, 0.1) is 0 Å². The molecule has 6 nitrogen and oxygen atoms in total. The maximum absolute atomic E-state index is 12.6. The molecule has 4 aromatic carbocycles. The molecule has 0 spiro atoms. The van der Waals surface area contributed by atoms with Gasteiger partial charge in [-0.2, -0.15) is 0 Å². The van der Waals surface area contributed by atoms with Crippen LogP contribution in [0.3, 0.4) is 0 Å². The van der Waals surface area contributed by atoms with Crippen molar-refractivity contribution in [3.8, 4) is 34.1 Å². The van der Waals surface area contributed by atoms with E-state index in [1.54, 1.807) is 18.2 Å². The Bertz CT molecular complexity index is 1240. The molecule has 4 N–H and O–H groups in total. The second kappa shape index (κ2) is 9.14. The van der Waals surface area contributed by atoms with Gasteiger partial charge in [0.15, 0.2) is 0 Å². The maximum Gasteiger partial charge on any atom is 0.347 e. The van der Waals surface area contributed by atoms with E-state index in [-0.39, 0.29) is 29.4 Å². The van der Waals surface area contributed by atoms with E-state index < -0.39 is 5.97 Å². The predicted octanol–water partition coefficient (Wildman–Crippen LogP) is 5.30. The Labute approximate surface area is 185 Å². The third-order valence-electron chi connectivity index (χ3n) is 4.93. The largest absolute Gasteiger partial charge is 0.508 e. The van der Waals surface area contributed by atoms with E-state index in [1.165, 1.54) is 30.3 Å². The number of rotatable bonds is 6. The van der Waals surface area contributed by atoms with Gasteiger partial charge >= 0.3 is 5.97 Å². The van der Waals surface area contributed by atoms with Gasteiger partial charge in [0.25, 0.3) is 0 Å². The first-order chi connectivity index (χ1) is 15.5. The van der Waals surface area contributed by atoms with Crippen molar-refractivity contribution in [3.05, 3.63) is 102 Å². The van der Waals surface area contributed by atoms with Gasteiger partial charge < -0.3 is 25.4 Å². The highest BCUT2D eigenvalue weighted by molar-refractivity contribution is 5.95. The molecule has 0 heterocycles. The summed E-state index contributed by atoms with van der Waals surface area (Å²) in [7, 11) is 0. The molecule has 0 amide bonds. The summed E-state index contributed by atoms with van der Waals surface area (Å²) in [4.78, 5) is 12.6. The zero-order chi connectivity index (χ0) is 22.5. The van der Waals surface area contributed by atoms with Gasteiger partial charge in [-0.1, -0.05) is 42.5 Å². The van der Waals surface area contributed by atoms with Crippen LogP contribution in [-0.4, -0.2) is 21.3 Å². The van der Waals surface area contributed by atoms with Crippen molar-refractivity contribution >= 4 is 11.7 Å². The smallest absolute Gasteiger partial charge is 0.347 e. The van der Waals surface area contributed by atoms with E-state index in [9.17, 15) is 20.1 Å². The Kier molecular flexibility index (Phi) is 5.94. The first-order valence-corrected chi connectivity index (χ1v) is 9.95. The Hall–Kier alpha value is -4.45. The Morgan fingerprint density at radius 2 is 1.44 bits per heavy atom. The van der Waals surface area contributed by atoms with Crippen molar-refractivity contribution < 1.29 is 24.9 Å². The predicted molar refractivity (Wildman–Crippen MR) is 122 cm³/mol.